The summed E-state index contributed by atoms with van der Waals surface area (Å²) in [5, 5.41) is 4.27. The van der Waals surface area contributed by atoms with Crippen molar-refractivity contribution in [2.45, 2.75) is 19.8 Å². The van der Waals surface area contributed by atoms with Crippen molar-refractivity contribution in [2.24, 2.45) is 5.16 Å². The second-order valence-electron chi connectivity index (χ2n) is 4.91. The highest BCUT2D eigenvalue weighted by molar-refractivity contribution is 6.12. The lowest BCUT2D eigenvalue weighted by molar-refractivity contribution is -0.143. The van der Waals surface area contributed by atoms with Crippen LogP contribution in [0.4, 0.5) is 0 Å². The Bertz CT molecular complexity index is 582. The van der Waals surface area contributed by atoms with E-state index in [0.717, 1.165) is 16.8 Å². The van der Waals surface area contributed by atoms with Crippen LogP contribution < -0.4 is 0 Å². The molecule has 0 aliphatic heterocycles. The van der Waals surface area contributed by atoms with Crippen molar-refractivity contribution in [2.75, 3.05) is 13.2 Å². The zero-order valence-corrected chi connectivity index (χ0v) is 13.3. The molecule has 0 aliphatic rings. The minimum absolute atomic E-state index is 0.202. The van der Waals surface area contributed by atoms with Gasteiger partial charge in [0.2, 0.25) is 0 Å². The molecule has 2 aromatic rings. The van der Waals surface area contributed by atoms with Crippen LogP contribution in [0.3, 0.4) is 0 Å². The number of carbonyl (C=O) groups is 1. The van der Waals surface area contributed by atoms with Gasteiger partial charge in [0.1, 0.15) is 12.3 Å². The van der Waals surface area contributed by atoms with Gasteiger partial charge in [0.25, 0.3) is 0 Å². The van der Waals surface area contributed by atoms with Crippen molar-refractivity contribution in [3.05, 3.63) is 71.8 Å². The molecule has 0 radical (unpaired) electrons. The maximum absolute atomic E-state index is 11.3. The van der Waals surface area contributed by atoms with Gasteiger partial charge in [-0.05, 0) is 13.3 Å². The SMILES string of the molecule is CCOC(=O)CCCON=C(c1ccccc1)c1ccccc1. The van der Waals surface area contributed by atoms with Gasteiger partial charge in [-0.25, -0.2) is 0 Å². The normalized spacial score (nSPS) is 9.96. The first kappa shape index (κ1) is 16.7. The zero-order chi connectivity index (χ0) is 16.3. The minimum atomic E-state index is -0.202. The van der Waals surface area contributed by atoms with E-state index in [9.17, 15) is 4.79 Å². The van der Waals surface area contributed by atoms with E-state index in [-0.39, 0.29) is 5.97 Å². The highest BCUT2D eigenvalue weighted by Gasteiger charge is 2.07. The third kappa shape index (κ3) is 5.58. The van der Waals surface area contributed by atoms with Gasteiger partial charge in [-0.15, -0.1) is 0 Å². The molecule has 0 N–H and O–H groups in total. The summed E-state index contributed by atoms with van der Waals surface area (Å²) in [6.45, 7) is 2.58. The molecule has 0 spiro atoms. The van der Waals surface area contributed by atoms with E-state index in [1.54, 1.807) is 6.92 Å². The van der Waals surface area contributed by atoms with Gasteiger partial charge in [0.05, 0.1) is 6.61 Å². The van der Waals surface area contributed by atoms with Crippen LogP contribution in [0.5, 0.6) is 0 Å². The Hall–Kier alpha value is -2.62. The van der Waals surface area contributed by atoms with E-state index in [1.807, 2.05) is 60.7 Å². The molecule has 0 saturated carbocycles. The van der Waals surface area contributed by atoms with Crippen molar-refractivity contribution in [3.8, 4) is 0 Å². The number of oxime groups is 1. The second-order valence-corrected chi connectivity index (χ2v) is 4.91. The van der Waals surface area contributed by atoms with Gasteiger partial charge in [-0.2, -0.15) is 0 Å². The van der Waals surface area contributed by atoms with Crippen molar-refractivity contribution in [3.63, 3.8) is 0 Å². The monoisotopic (exact) mass is 311 g/mol. The van der Waals surface area contributed by atoms with Gasteiger partial charge in [0.15, 0.2) is 0 Å². The van der Waals surface area contributed by atoms with Crippen LogP contribution in [0.25, 0.3) is 0 Å². The van der Waals surface area contributed by atoms with Crippen LogP contribution in [-0.4, -0.2) is 24.9 Å². The average molecular weight is 311 g/mol. The molecule has 2 rings (SSSR count). The lowest BCUT2D eigenvalue weighted by atomic mass is 10.0. The number of carbonyl (C=O) groups excluding carboxylic acids is 1. The minimum Gasteiger partial charge on any atom is -0.466 e. The van der Waals surface area contributed by atoms with Gasteiger partial charge in [-0.1, -0.05) is 65.8 Å². The average Bonchev–Trinajstić information content (AvgIpc) is 2.60. The molecule has 0 saturated heterocycles. The highest BCUT2D eigenvalue weighted by atomic mass is 16.6. The number of rotatable bonds is 8. The van der Waals surface area contributed by atoms with E-state index in [4.69, 9.17) is 9.57 Å². The van der Waals surface area contributed by atoms with Gasteiger partial charge in [-0.3, -0.25) is 4.79 Å². The number of hydrogen-bond donors (Lipinski definition) is 0. The molecule has 120 valence electrons. The molecule has 0 aromatic heterocycles. The molecular weight excluding hydrogens is 290 g/mol. The topological polar surface area (TPSA) is 47.9 Å². The van der Waals surface area contributed by atoms with Gasteiger partial charge < -0.3 is 9.57 Å². The zero-order valence-electron chi connectivity index (χ0n) is 13.3. The third-order valence-corrected chi connectivity index (χ3v) is 3.17. The van der Waals surface area contributed by atoms with Crippen LogP contribution in [0.2, 0.25) is 0 Å². The molecule has 0 amide bonds. The molecule has 4 nitrogen and oxygen atoms in total. The van der Waals surface area contributed by atoms with Crippen LogP contribution >= 0.6 is 0 Å². The van der Waals surface area contributed by atoms with Crippen molar-refractivity contribution >= 4 is 11.7 Å². The first-order valence-electron chi connectivity index (χ1n) is 7.77. The summed E-state index contributed by atoms with van der Waals surface area (Å²) in [7, 11) is 0. The standard InChI is InChI=1S/C19H21NO3/c1-2-22-18(21)14-9-15-23-20-19(16-10-5-3-6-11-16)17-12-7-4-8-13-17/h3-8,10-13H,2,9,14-15H2,1H3. The Morgan fingerprint density at radius 3 is 2.04 bits per heavy atom. The Morgan fingerprint density at radius 2 is 1.52 bits per heavy atom. The summed E-state index contributed by atoms with van der Waals surface area (Å²) in [5.74, 6) is -0.202. The maximum Gasteiger partial charge on any atom is 0.305 e. The van der Waals surface area contributed by atoms with E-state index < -0.39 is 0 Å². The lowest BCUT2D eigenvalue weighted by Gasteiger charge is -2.07. The largest absolute Gasteiger partial charge is 0.466 e. The summed E-state index contributed by atoms with van der Waals surface area (Å²) in [6, 6.07) is 19.8. The Balaban J connectivity index is 1.99. The lowest BCUT2D eigenvalue weighted by Crippen LogP contribution is -2.07. The second kappa shape index (κ2) is 9.41. The molecule has 0 heterocycles. The Labute approximate surface area is 136 Å². The first-order chi connectivity index (χ1) is 11.3. The van der Waals surface area contributed by atoms with Crippen LogP contribution in [-0.2, 0) is 14.4 Å². The summed E-state index contributed by atoms with van der Waals surface area (Å²) in [6.07, 6.45) is 0.925. The summed E-state index contributed by atoms with van der Waals surface area (Å²) >= 11 is 0. The molecule has 2 aromatic carbocycles. The summed E-state index contributed by atoms with van der Waals surface area (Å²) in [4.78, 5) is 16.7. The fraction of sp³-hybridized carbons (Fsp3) is 0.263. The predicted molar refractivity (Wildman–Crippen MR) is 90.3 cm³/mol. The van der Waals surface area contributed by atoms with Gasteiger partial charge >= 0.3 is 5.97 Å². The van der Waals surface area contributed by atoms with Crippen molar-refractivity contribution in [1.82, 2.24) is 0 Å². The highest BCUT2D eigenvalue weighted by Crippen LogP contribution is 2.11. The fourth-order valence-corrected chi connectivity index (χ4v) is 2.09. The van der Waals surface area contributed by atoms with Crippen LogP contribution in [0.1, 0.15) is 30.9 Å². The predicted octanol–water partition coefficient (Wildman–Crippen LogP) is 3.80. The fourth-order valence-electron chi connectivity index (χ4n) is 2.09. The quantitative estimate of drug-likeness (QED) is 0.322. The van der Waals surface area contributed by atoms with Crippen LogP contribution in [0, 0.1) is 0 Å². The molecule has 23 heavy (non-hydrogen) atoms. The molecule has 4 heteroatoms. The third-order valence-electron chi connectivity index (χ3n) is 3.17. The number of nitrogens with zero attached hydrogens (tertiary/aromatic N) is 1. The number of benzene rings is 2. The number of ether oxygens (including phenoxy) is 1. The number of esters is 1. The number of hydrogen-bond acceptors (Lipinski definition) is 4. The molecule has 0 fully saturated rings. The summed E-state index contributed by atoms with van der Waals surface area (Å²) < 4.78 is 4.88. The molecule has 0 atom stereocenters. The Morgan fingerprint density at radius 1 is 0.957 bits per heavy atom. The molecule has 0 aliphatic carbocycles. The molecule has 0 unspecified atom stereocenters. The molecular formula is C19H21NO3. The van der Waals surface area contributed by atoms with Crippen LogP contribution in [0.15, 0.2) is 65.8 Å². The molecule has 0 bridgehead atoms. The van der Waals surface area contributed by atoms with E-state index in [2.05, 4.69) is 5.16 Å². The van der Waals surface area contributed by atoms with E-state index in [1.165, 1.54) is 0 Å². The Kier molecular flexibility index (Phi) is 6.85. The first-order valence-corrected chi connectivity index (χ1v) is 7.77. The van der Waals surface area contributed by atoms with E-state index in [0.29, 0.717) is 26.1 Å². The van der Waals surface area contributed by atoms with Crippen molar-refractivity contribution in [1.29, 1.82) is 0 Å². The van der Waals surface area contributed by atoms with Crippen molar-refractivity contribution < 1.29 is 14.4 Å². The van der Waals surface area contributed by atoms with E-state index >= 15 is 0 Å². The smallest absolute Gasteiger partial charge is 0.305 e. The maximum atomic E-state index is 11.3. The van der Waals surface area contributed by atoms with Gasteiger partial charge in [0, 0.05) is 17.5 Å². The summed E-state index contributed by atoms with van der Waals surface area (Å²) in [5.41, 5.74) is 2.76.